The Bertz CT molecular complexity index is 760. The second-order valence-corrected chi connectivity index (χ2v) is 5.26. The first-order valence-corrected chi connectivity index (χ1v) is 7.51. The van der Waals surface area contributed by atoms with Gasteiger partial charge in [0.1, 0.15) is 0 Å². The van der Waals surface area contributed by atoms with Crippen LogP contribution in [0.3, 0.4) is 0 Å². The van der Waals surface area contributed by atoms with Crippen LogP contribution in [0.15, 0.2) is 73.1 Å². The fourth-order valence-corrected chi connectivity index (χ4v) is 2.38. The Kier molecular flexibility index (Phi) is 4.54. The van der Waals surface area contributed by atoms with Crippen LogP contribution in [0.4, 0.5) is 5.69 Å². The Labute approximate surface area is 135 Å². The largest absolute Gasteiger partial charge is 0.396 e. The summed E-state index contributed by atoms with van der Waals surface area (Å²) in [6.45, 7) is 0.124. The number of amides is 1. The van der Waals surface area contributed by atoms with Crippen LogP contribution < -0.4 is 5.32 Å². The number of nitrogens with zero attached hydrogens (tertiary/aromatic N) is 1. The van der Waals surface area contributed by atoms with E-state index in [0.717, 1.165) is 16.9 Å². The van der Waals surface area contributed by atoms with Gasteiger partial charge in [0.05, 0.1) is 0 Å². The van der Waals surface area contributed by atoms with Crippen LogP contribution in [-0.4, -0.2) is 22.2 Å². The van der Waals surface area contributed by atoms with Crippen LogP contribution in [0.1, 0.15) is 15.9 Å². The molecule has 1 heterocycles. The molecule has 0 spiro atoms. The monoisotopic (exact) mass is 306 g/mol. The molecule has 3 aromatic rings. The molecule has 0 aliphatic rings. The van der Waals surface area contributed by atoms with Gasteiger partial charge in [-0.05, 0) is 60.5 Å². The molecule has 0 aliphatic heterocycles. The van der Waals surface area contributed by atoms with Crippen molar-refractivity contribution >= 4 is 11.6 Å². The average molecular weight is 306 g/mol. The van der Waals surface area contributed by atoms with Crippen LogP contribution in [0, 0.1) is 0 Å². The number of benzene rings is 2. The van der Waals surface area contributed by atoms with E-state index in [-0.39, 0.29) is 12.5 Å². The summed E-state index contributed by atoms with van der Waals surface area (Å²) in [4.78, 5) is 12.3. The third-order valence-corrected chi connectivity index (χ3v) is 3.64. The molecule has 0 saturated carbocycles. The summed E-state index contributed by atoms with van der Waals surface area (Å²) >= 11 is 0. The normalized spacial score (nSPS) is 10.5. The summed E-state index contributed by atoms with van der Waals surface area (Å²) in [6, 6.07) is 18.9. The van der Waals surface area contributed by atoms with E-state index >= 15 is 0 Å². The molecule has 0 unspecified atom stereocenters. The van der Waals surface area contributed by atoms with Gasteiger partial charge in [-0.15, -0.1) is 0 Å². The van der Waals surface area contributed by atoms with Crippen molar-refractivity contribution in [2.75, 3.05) is 11.9 Å². The molecule has 1 aromatic heterocycles. The zero-order chi connectivity index (χ0) is 16.1. The minimum atomic E-state index is -0.140. The van der Waals surface area contributed by atoms with Crippen molar-refractivity contribution in [3.05, 3.63) is 84.2 Å². The number of carbonyl (C=O) groups is 1. The van der Waals surface area contributed by atoms with Gasteiger partial charge < -0.3 is 15.0 Å². The van der Waals surface area contributed by atoms with Crippen LogP contribution in [0.5, 0.6) is 0 Å². The molecular weight excluding hydrogens is 288 g/mol. The zero-order valence-electron chi connectivity index (χ0n) is 12.6. The third kappa shape index (κ3) is 3.67. The molecule has 0 bridgehead atoms. The molecule has 1 amide bonds. The molecular formula is C19H18N2O2. The Morgan fingerprint density at radius 1 is 0.957 bits per heavy atom. The van der Waals surface area contributed by atoms with Crippen LogP contribution in [0.2, 0.25) is 0 Å². The molecule has 23 heavy (non-hydrogen) atoms. The second kappa shape index (κ2) is 6.94. The smallest absolute Gasteiger partial charge is 0.255 e. The highest BCUT2D eigenvalue weighted by molar-refractivity contribution is 6.04. The lowest BCUT2D eigenvalue weighted by molar-refractivity contribution is 0.102. The van der Waals surface area contributed by atoms with Gasteiger partial charge in [-0.25, -0.2) is 0 Å². The molecule has 0 radical (unpaired) electrons. The first kappa shape index (κ1) is 15.1. The van der Waals surface area contributed by atoms with E-state index < -0.39 is 0 Å². The maximum atomic E-state index is 12.3. The number of hydrogen-bond acceptors (Lipinski definition) is 2. The Hall–Kier alpha value is -2.85. The predicted molar refractivity (Wildman–Crippen MR) is 91.0 cm³/mol. The van der Waals surface area contributed by atoms with Gasteiger partial charge in [0.25, 0.3) is 5.91 Å². The third-order valence-electron chi connectivity index (χ3n) is 3.64. The van der Waals surface area contributed by atoms with Gasteiger partial charge in [-0.2, -0.15) is 0 Å². The topological polar surface area (TPSA) is 54.3 Å². The number of rotatable bonds is 5. The van der Waals surface area contributed by atoms with E-state index in [0.29, 0.717) is 12.0 Å². The fraction of sp³-hybridized carbons (Fsp3) is 0.105. The number of hydrogen-bond donors (Lipinski definition) is 2. The maximum Gasteiger partial charge on any atom is 0.255 e. The van der Waals surface area contributed by atoms with Crippen LogP contribution >= 0.6 is 0 Å². The molecule has 4 heteroatoms. The van der Waals surface area contributed by atoms with Crippen molar-refractivity contribution in [1.29, 1.82) is 0 Å². The molecule has 2 N–H and O–H groups in total. The fourth-order valence-electron chi connectivity index (χ4n) is 2.38. The lowest BCUT2D eigenvalue weighted by Crippen LogP contribution is -2.11. The molecule has 0 atom stereocenters. The number of aromatic nitrogens is 1. The van der Waals surface area contributed by atoms with E-state index in [4.69, 9.17) is 5.11 Å². The predicted octanol–water partition coefficient (Wildman–Crippen LogP) is 3.26. The minimum absolute atomic E-state index is 0.124. The van der Waals surface area contributed by atoms with Gasteiger partial charge in [0, 0.05) is 35.9 Å². The van der Waals surface area contributed by atoms with E-state index in [1.54, 1.807) is 0 Å². The van der Waals surface area contributed by atoms with E-state index in [1.807, 2.05) is 77.6 Å². The number of carbonyl (C=O) groups excluding carboxylic acids is 1. The second-order valence-electron chi connectivity index (χ2n) is 5.26. The van der Waals surface area contributed by atoms with Crippen molar-refractivity contribution in [3.8, 4) is 5.69 Å². The summed E-state index contributed by atoms with van der Waals surface area (Å²) in [7, 11) is 0. The van der Waals surface area contributed by atoms with E-state index in [2.05, 4.69) is 5.32 Å². The minimum Gasteiger partial charge on any atom is -0.396 e. The highest BCUT2D eigenvalue weighted by Gasteiger charge is 2.06. The first-order chi connectivity index (χ1) is 11.3. The highest BCUT2D eigenvalue weighted by Crippen LogP contribution is 2.14. The van der Waals surface area contributed by atoms with Gasteiger partial charge in [0.15, 0.2) is 0 Å². The Morgan fingerprint density at radius 3 is 2.22 bits per heavy atom. The number of aliphatic hydroxyl groups is 1. The zero-order valence-corrected chi connectivity index (χ0v) is 12.6. The average Bonchev–Trinajstić information content (AvgIpc) is 3.11. The Balaban J connectivity index is 1.68. The highest BCUT2D eigenvalue weighted by atomic mass is 16.2. The van der Waals surface area contributed by atoms with Gasteiger partial charge in [-0.1, -0.05) is 12.1 Å². The van der Waals surface area contributed by atoms with Crippen molar-refractivity contribution in [3.63, 3.8) is 0 Å². The molecule has 116 valence electrons. The molecule has 4 nitrogen and oxygen atoms in total. The van der Waals surface area contributed by atoms with Crippen molar-refractivity contribution < 1.29 is 9.90 Å². The van der Waals surface area contributed by atoms with Crippen LogP contribution in [-0.2, 0) is 6.42 Å². The summed E-state index contributed by atoms with van der Waals surface area (Å²) in [5.41, 5.74) is 3.41. The van der Waals surface area contributed by atoms with Crippen LogP contribution in [0.25, 0.3) is 5.69 Å². The summed E-state index contributed by atoms with van der Waals surface area (Å²) in [5, 5.41) is 11.8. The summed E-state index contributed by atoms with van der Waals surface area (Å²) in [5.74, 6) is -0.140. The number of nitrogens with one attached hydrogen (secondary N) is 1. The Morgan fingerprint density at radius 2 is 1.61 bits per heavy atom. The molecule has 0 saturated heterocycles. The van der Waals surface area contributed by atoms with Crippen molar-refractivity contribution in [1.82, 2.24) is 4.57 Å². The SMILES string of the molecule is O=C(Nc1ccc(CCO)cc1)c1ccc(-n2cccc2)cc1. The van der Waals surface area contributed by atoms with Gasteiger partial charge in [-0.3, -0.25) is 4.79 Å². The quantitative estimate of drug-likeness (QED) is 0.760. The molecule has 3 rings (SSSR count). The summed E-state index contributed by atoms with van der Waals surface area (Å²) < 4.78 is 1.99. The maximum absolute atomic E-state index is 12.3. The lowest BCUT2D eigenvalue weighted by Gasteiger charge is -2.08. The molecule has 0 fully saturated rings. The van der Waals surface area contributed by atoms with Gasteiger partial charge in [0.2, 0.25) is 0 Å². The van der Waals surface area contributed by atoms with Crippen molar-refractivity contribution in [2.45, 2.75) is 6.42 Å². The molecule has 0 aliphatic carbocycles. The van der Waals surface area contributed by atoms with E-state index in [9.17, 15) is 4.79 Å². The number of anilines is 1. The standard InChI is InChI=1S/C19H18N2O2/c22-14-11-15-3-7-17(8-4-15)20-19(23)16-5-9-18(10-6-16)21-12-1-2-13-21/h1-10,12-13,22H,11,14H2,(H,20,23). The van der Waals surface area contributed by atoms with Gasteiger partial charge >= 0.3 is 0 Å². The van der Waals surface area contributed by atoms with E-state index in [1.165, 1.54) is 0 Å². The molecule has 2 aromatic carbocycles. The number of aliphatic hydroxyl groups excluding tert-OH is 1. The first-order valence-electron chi connectivity index (χ1n) is 7.51. The summed E-state index contributed by atoms with van der Waals surface area (Å²) in [6.07, 6.45) is 4.54. The lowest BCUT2D eigenvalue weighted by atomic mass is 10.1. The van der Waals surface area contributed by atoms with Crippen molar-refractivity contribution in [2.24, 2.45) is 0 Å².